The third kappa shape index (κ3) is 16.9. The Balaban J connectivity index is 3.87. The van der Waals surface area contributed by atoms with Gasteiger partial charge in [-0.15, -0.1) is 0 Å². The monoisotopic (exact) mass is 428 g/mol. The van der Waals surface area contributed by atoms with E-state index < -0.39 is 0 Å². The molecule has 0 aliphatic heterocycles. The molecular formula is C23H40N8. The Morgan fingerprint density at radius 1 is 0.484 bits per heavy atom. The lowest BCUT2D eigenvalue weighted by Crippen LogP contribution is -2.33. The van der Waals surface area contributed by atoms with Crippen molar-refractivity contribution < 1.29 is 0 Å². The Morgan fingerprint density at radius 2 is 0.742 bits per heavy atom. The average molecular weight is 429 g/mol. The molecule has 8 heteroatoms. The molecule has 0 radical (unpaired) electrons. The van der Waals surface area contributed by atoms with Gasteiger partial charge in [0.2, 0.25) is 0 Å². The molecular weight excluding hydrogens is 388 g/mol. The van der Waals surface area contributed by atoms with E-state index in [9.17, 15) is 0 Å². The third-order valence-electron chi connectivity index (χ3n) is 3.78. The van der Waals surface area contributed by atoms with Crippen molar-refractivity contribution in [3.63, 3.8) is 0 Å². The van der Waals surface area contributed by atoms with Gasteiger partial charge in [0.15, 0.2) is 0 Å². The van der Waals surface area contributed by atoms with Crippen LogP contribution < -0.4 is 43.0 Å². The molecule has 0 aromatic rings. The molecule has 172 valence electrons. The minimum absolute atomic E-state index is 0.499. The lowest BCUT2D eigenvalue weighted by atomic mass is 10.3. The van der Waals surface area contributed by atoms with Crippen molar-refractivity contribution in [2.24, 2.45) is 5.73 Å². The van der Waals surface area contributed by atoms with Gasteiger partial charge in [-0.1, -0.05) is 52.6 Å². The molecule has 8 nitrogen and oxygen atoms in total. The van der Waals surface area contributed by atoms with Crippen molar-refractivity contribution in [2.45, 2.75) is 0 Å². The van der Waals surface area contributed by atoms with Crippen LogP contribution in [0.15, 0.2) is 98.7 Å². The predicted octanol–water partition coefficient (Wildman–Crippen LogP) is 0.812. The highest BCUT2D eigenvalue weighted by atomic mass is 15.0. The van der Waals surface area contributed by atoms with Crippen molar-refractivity contribution in [3.8, 4) is 0 Å². The van der Waals surface area contributed by atoms with Crippen LogP contribution >= 0.6 is 0 Å². The molecule has 0 aliphatic carbocycles. The fourth-order valence-corrected chi connectivity index (χ4v) is 1.97. The Bertz CT molecular complexity index is 690. The van der Waals surface area contributed by atoms with E-state index in [2.05, 4.69) is 89.8 Å². The van der Waals surface area contributed by atoms with Crippen LogP contribution in [-0.2, 0) is 0 Å². The molecule has 0 fully saturated rings. The van der Waals surface area contributed by atoms with E-state index in [1.165, 1.54) is 0 Å². The van der Waals surface area contributed by atoms with Crippen LogP contribution in [0.2, 0.25) is 0 Å². The predicted molar refractivity (Wildman–Crippen MR) is 134 cm³/mol. The fourth-order valence-electron chi connectivity index (χ4n) is 1.97. The highest BCUT2D eigenvalue weighted by Crippen LogP contribution is 1.92. The number of nitrogens with one attached hydrogen (secondary N) is 7. The van der Waals surface area contributed by atoms with Crippen LogP contribution in [0.3, 0.4) is 0 Å². The second-order valence-electron chi connectivity index (χ2n) is 6.99. The van der Waals surface area contributed by atoms with E-state index in [1.54, 1.807) is 6.20 Å². The molecule has 0 aliphatic rings. The zero-order valence-corrected chi connectivity index (χ0v) is 18.8. The Kier molecular flexibility index (Phi) is 14.2. The van der Waals surface area contributed by atoms with Crippen LogP contribution in [0.25, 0.3) is 0 Å². The van der Waals surface area contributed by atoms with Crippen LogP contribution in [0.1, 0.15) is 0 Å². The summed E-state index contributed by atoms with van der Waals surface area (Å²) in [5, 5.41) is 22.0. The fraction of sp³-hybridized carbons (Fsp3) is 0.304. The van der Waals surface area contributed by atoms with Crippen molar-refractivity contribution in [3.05, 3.63) is 98.7 Å². The molecule has 0 amide bonds. The van der Waals surface area contributed by atoms with Crippen molar-refractivity contribution in [1.29, 1.82) is 0 Å². The van der Waals surface area contributed by atoms with Crippen LogP contribution in [-0.4, -0.2) is 45.8 Å². The normalized spacial score (nSPS) is 9.42. The van der Waals surface area contributed by atoms with E-state index in [1.807, 2.05) is 0 Å². The van der Waals surface area contributed by atoms with E-state index in [-0.39, 0.29) is 0 Å². The van der Waals surface area contributed by atoms with Gasteiger partial charge >= 0.3 is 0 Å². The Morgan fingerprint density at radius 3 is 1.00 bits per heavy atom. The third-order valence-corrected chi connectivity index (χ3v) is 3.78. The molecule has 0 aromatic heterocycles. The first-order valence-electron chi connectivity index (χ1n) is 9.91. The largest absolute Gasteiger partial charge is 0.401 e. The summed E-state index contributed by atoms with van der Waals surface area (Å²) in [7, 11) is 0. The maximum atomic E-state index is 5.51. The Hall–Kier alpha value is -3.68. The maximum Gasteiger partial charge on any atom is 0.0539 e. The highest BCUT2D eigenvalue weighted by Gasteiger charge is 2.01. The molecule has 0 unspecified atom stereocenters. The second-order valence-corrected chi connectivity index (χ2v) is 6.99. The van der Waals surface area contributed by atoms with Gasteiger partial charge in [0.05, 0.1) is 45.8 Å². The van der Waals surface area contributed by atoms with Gasteiger partial charge in [-0.25, -0.2) is 0 Å². The number of hydrogen-bond donors (Lipinski definition) is 8. The van der Waals surface area contributed by atoms with Crippen LogP contribution in [0.5, 0.6) is 0 Å². The molecule has 9 N–H and O–H groups in total. The standard InChI is InChI=1S/C23H40N8/c1-9-25-11-18(3)27-13-20(5)29-15-22(7)31-16-23(8)30-14-21(6)28-12-19(4)26-10-17(2)24/h9,25-31H,1-8,10-16,24H2. The molecule has 0 bridgehead atoms. The molecule has 31 heavy (non-hydrogen) atoms. The van der Waals surface area contributed by atoms with Crippen molar-refractivity contribution in [2.75, 3.05) is 45.8 Å². The van der Waals surface area contributed by atoms with Gasteiger partial charge < -0.3 is 43.0 Å². The Labute approximate surface area is 187 Å². The van der Waals surface area contributed by atoms with Crippen LogP contribution in [0, 0.1) is 0 Å². The quantitative estimate of drug-likeness (QED) is 0.136. The first kappa shape index (κ1) is 27.3. The van der Waals surface area contributed by atoms with Crippen molar-refractivity contribution in [1.82, 2.24) is 37.2 Å². The first-order chi connectivity index (χ1) is 14.6. The van der Waals surface area contributed by atoms with E-state index in [0.717, 1.165) is 34.2 Å². The van der Waals surface area contributed by atoms with Gasteiger partial charge in [-0.2, -0.15) is 0 Å². The molecule has 0 saturated carbocycles. The number of rotatable bonds is 21. The second kappa shape index (κ2) is 16.2. The molecule has 0 saturated heterocycles. The summed E-state index contributed by atoms with van der Waals surface area (Å²) < 4.78 is 0. The summed E-state index contributed by atoms with van der Waals surface area (Å²) in [6, 6.07) is 0. The SMILES string of the molecule is C=CNCC(=C)NCC(=C)NCC(=C)NCC(=C)NCC(=C)NCC(=C)NCC(=C)N. The van der Waals surface area contributed by atoms with Gasteiger partial charge in [-0.05, 0) is 6.20 Å². The first-order valence-corrected chi connectivity index (χ1v) is 9.91. The molecule has 0 aromatic carbocycles. The summed E-state index contributed by atoms with van der Waals surface area (Å²) >= 11 is 0. The minimum Gasteiger partial charge on any atom is -0.401 e. The zero-order valence-electron chi connectivity index (χ0n) is 18.8. The molecule has 0 atom stereocenters. The number of nitrogens with two attached hydrogens (primary N) is 1. The minimum atomic E-state index is 0.499. The molecule has 0 rings (SSSR count). The summed E-state index contributed by atoms with van der Waals surface area (Å²) in [6.45, 7) is 34.9. The maximum absolute atomic E-state index is 5.51. The van der Waals surface area contributed by atoms with Crippen LogP contribution in [0.4, 0.5) is 0 Å². The molecule has 0 heterocycles. The lowest BCUT2D eigenvalue weighted by Gasteiger charge is -2.17. The summed E-state index contributed by atoms with van der Waals surface area (Å²) in [5.41, 5.74) is 11.1. The molecule has 0 spiro atoms. The van der Waals surface area contributed by atoms with Gasteiger partial charge in [0, 0.05) is 39.9 Å². The van der Waals surface area contributed by atoms with Gasteiger partial charge in [-0.3, -0.25) is 0 Å². The van der Waals surface area contributed by atoms with E-state index in [0.29, 0.717) is 51.5 Å². The summed E-state index contributed by atoms with van der Waals surface area (Å²) in [6.07, 6.45) is 1.63. The van der Waals surface area contributed by atoms with Gasteiger partial charge in [0.1, 0.15) is 0 Å². The topological polar surface area (TPSA) is 110 Å². The van der Waals surface area contributed by atoms with Gasteiger partial charge in [0.25, 0.3) is 0 Å². The van der Waals surface area contributed by atoms with Crippen molar-refractivity contribution >= 4 is 0 Å². The zero-order chi connectivity index (χ0) is 23.6. The summed E-state index contributed by atoms with van der Waals surface area (Å²) in [5.74, 6) is 0. The summed E-state index contributed by atoms with van der Waals surface area (Å²) in [4.78, 5) is 0. The van der Waals surface area contributed by atoms with E-state index >= 15 is 0 Å². The smallest absolute Gasteiger partial charge is 0.0539 e. The number of hydrogen-bond acceptors (Lipinski definition) is 8. The lowest BCUT2D eigenvalue weighted by molar-refractivity contribution is 0.697. The van der Waals surface area contributed by atoms with E-state index in [4.69, 9.17) is 5.73 Å². The average Bonchev–Trinajstić information content (AvgIpc) is 2.73. The highest BCUT2D eigenvalue weighted by molar-refractivity contribution is 5.09.